The van der Waals surface area contributed by atoms with Crippen molar-refractivity contribution >= 4 is 40.1 Å². The van der Waals surface area contributed by atoms with Gasteiger partial charge in [0.15, 0.2) is 0 Å². The summed E-state index contributed by atoms with van der Waals surface area (Å²) in [7, 11) is 0. The summed E-state index contributed by atoms with van der Waals surface area (Å²) in [6, 6.07) is 8.69. The highest BCUT2D eigenvalue weighted by Gasteiger charge is 2.08. The van der Waals surface area contributed by atoms with Gasteiger partial charge in [0.2, 0.25) is 0 Å². The standard InChI is InChI=1S/C21H24N6O/c1-11(7-16-14(4)24-12(2)8-18(16)22)26-21(28)27-15-5-6-20-17(10-15)19(23)9-13(3)25-20/h5-10H,1-4H3,(H2,22,24)(H2,23,25)(H2,26,27,28)/b11-7+. The van der Waals surface area contributed by atoms with Gasteiger partial charge in [-0.2, -0.15) is 0 Å². The van der Waals surface area contributed by atoms with Gasteiger partial charge in [-0.1, -0.05) is 0 Å². The number of carbonyl (C=O) groups is 1. The number of hydrogen-bond donors (Lipinski definition) is 4. The third-order valence-corrected chi connectivity index (χ3v) is 4.31. The van der Waals surface area contributed by atoms with E-state index < -0.39 is 0 Å². The number of aromatic nitrogens is 2. The highest BCUT2D eigenvalue weighted by atomic mass is 16.2. The van der Waals surface area contributed by atoms with E-state index >= 15 is 0 Å². The zero-order valence-electron chi connectivity index (χ0n) is 16.4. The molecule has 3 aromatic rings. The first-order valence-corrected chi connectivity index (χ1v) is 8.90. The molecule has 1 aromatic carbocycles. The number of hydrogen-bond acceptors (Lipinski definition) is 5. The van der Waals surface area contributed by atoms with E-state index in [4.69, 9.17) is 11.5 Å². The first kappa shape index (κ1) is 19.2. The first-order valence-electron chi connectivity index (χ1n) is 8.90. The molecular formula is C21H24N6O. The molecule has 2 amide bonds. The maximum absolute atomic E-state index is 12.4. The summed E-state index contributed by atoms with van der Waals surface area (Å²) in [5.74, 6) is 0. The molecule has 0 aliphatic carbocycles. The van der Waals surface area contributed by atoms with Gasteiger partial charge in [-0.25, -0.2) is 4.79 Å². The number of urea groups is 1. The zero-order valence-corrected chi connectivity index (χ0v) is 16.4. The Morgan fingerprint density at radius 2 is 1.68 bits per heavy atom. The molecule has 7 heteroatoms. The molecule has 0 spiro atoms. The molecule has 2 heterocycles. The van der Waals surface area contributed by atoms with Crippen molar-refractivity contribution in [3.8, 4) is 0 Å². The molecule has 0 saturated carbocycles. The third-order valence-electron chi connectivity index (χ3n) is 4.31. The van der Waals surface area contributed by atoms with Crippen molar-refractivity contribution in [3.63, 3.8) is 0 Å². The van der Waals surface area contributed by atoms with Crippen molar-refractivity contribution in [3.05, 3.63) is 58.7 Å². The lowest BCUT2D eigenvalue weighted by Crippen LogP contribution is -2.27. The molecule has 3 rings (SSSR count). The van der Waals surface area contributed by atoms with Crippen molar-refractivity contribution < 1.29 is 4.79 Å². The number of amides is 2. The van der Waals surface area contributed by atoms with E-state index in [0.717, 1.165) is 33.5 Å². The van der Waals surface area contributed by atoms with Crippen LogP contribution in [0.15, 0.2) is 36.0 Å². The Kier molecular flexibility index (Phi) is 5.17. The number of pyridine rings is 2. The van der Waals surface area contributed by atoms with E-state index in [1.54, 1.807) is 25.1 Å². The van der Waals surface area contributed by atoms with E-state index in [1.807, 2.05) is 39.0 Å². The fraction of sp³-hybridized carbons (Fsp3) is 0.190. The molecule has 0 saturated heterocycles. The van der Waals surface area contributed by atoms with Crippen LogP contribution in [0.3, 0.4) is 0 Å². The summed E-state index contributed by atoms with van der Waals surface area (Å²) in [4.78, 5) is 21.2. The normalized spacial score (nSPS) is 11.5. The maximum atomic E-state index is 12.4. The van der Waals surface area contributed by atoms with Crippen LogP contribution in [0.2, 0.25) is 0 Å². The Balaban J connectivity index is 1.76. The number of fused-ring (bicyclic) bond motifs is 1. The van der Waals surface area contributed by atoms with Gasteiger partial charge in [0.05, 0.1) is 5.52 Å². The minimum absolute atomic E-state index is 0.358. The molecule has 0 radical (unpaired) electrons. The maximum Gasteiger partial charge on any atom is 0.323 e. The Labute approximate surface area is 163 Å². The van der Waals surface area contributed by atoms with Gasteiger partial charge in [-0.05, 0) is 64.1 Å². The van der Waals surface area contributed by atoms with Crippen LogP contribution in [0, 0.1) is 20.8 Å². The second-order valence-electron chi connectivity index (χ2n) is 6.84. The van der Waals surface area contributed by atoms with Crippen LogP contribution in [-0.2, 0) is 0 Å². The van der Waals surface area contributed by atoms with Crippen molar-refractivity contribution in [2.24, 2.45) is 0 Å². The number of nitrogens with one attached hydrogen (secondary N) is 2. The summed E-state index contributed by atoms with van der Waals surface area (Å²) in [5, 5.41) is 6.40. The van der Waals surface area contributed by atoms with Crippen LogP contribution in [0.5, 0.6) is 0 Å². The number of benzene rings is 1. The van der Waals surface area contributed by atoms with E-state index in [9.17, 15) is 4.79 Å². The Morgan fingerprint density at radius 3 is 2.39 bits per heavy atom. The minimum atomic E-state index is -0.358. The van der Waals surface area contributed by atoms with Gasteiger partial charge in [0.25, 0.3) is 0 Å². The molecule has 7 nitrogen and oxygen atoms in total. The molecule has 0 fully saturated rings. The molecule has 0 bridgehead atoms. The molecule has 6 N–H and O–H groups in total. The fourth-order valence-electron chi connectivity index (χ4n) is 3.12. The van der Waals surface area contributed by atoms with Crippen LogP contribution < -0.4 is 22.1 Å². The summed E-state index contributed by atoms with van der Waals surface area (Å²) < 4.78 is 0. The summed E-state index contributed by atoms with van der Waals surface area (Å²) in [6.07, 6.45) is 1.81. The Bertz CT molecular complexity index is 1080. The number of nitrogens with two attached hydrogens (primary N) is 2. The van der Waals surface area contributed by atoms with Crippen LogP contribution >= 0.6 is 0 Å². The average molecular weight is 376 g/mol. The van der Waals surface area contributed by atoms with Gasteiger partial charge < -0.3 is 22.1 Å². The lowest BCUT2D eigenvalue weighted by Gasteiger charge is -2.11. The van der Waals surface area contributed by atoms with Crippen molar-refractivity contribution in [1.82, 2.24) is 15.3 Å². The lowest BCUT2D eigenvalue weighted by molar-refractivity contribution is 0.254. The molecule has 144 valence electrons. The quantitative estimate of drug-likeness (QED) is 0.553. The summed E-state index contributed by atoms with van der Waals surface area (Å²) >= 11 is 0. The van der Waals surface area contributed by atoms with Gasteiger partial charge in [-0.15, -0.1) is 0 Å². The van der Waals surface area contributed by atoms with Gasteiger partial charge in [-0.3, -0.25) is 9.97 Å². The molecule has 0 aliphatic rings. The number of aryl methyl sites for hydroxylation is 3. The summed E-state index contributed by atoms with van der Waals surface area (Å²) in [5.41, 5.74) is 18.8. The van der Waals surface area contributed by atoms with E-state index in [0.29, 0.717) is 22.8 Å². The monoisotopic (exact) mass is 376 g/mol. The summed E-state index contributed by atoms with van der Waals surface area (Å²) in [6.45, 7) is 7.46. The predicted molar refractivity (Wildman–Crippen MR) is 115 cm³/mol. The molecule has 0 aliphatic heterocycles. The molecule has 2 aromatic heterocycles. The molecule has 0 atom stereocenters. The second kappa shape index (κ2) is 7.56. The van der Waals surface area contributed by atoms with Gasteiger partial charge >= 0.3 is 6.03 Å². The predicted octanol–water partition coefficient (Wildman–Crippen LogP) is 3.90. The molecule has 28 heavy (non-hydrogen) atoms. The second-order valence-corrected chi connectivity index (χ2v) is 6.84. The minimum Gasteiger partial charge on any atom is -0.398 e. The average Bonchev–Trinajstić information content (AvgIpc) is 2.58. The van der Waals surface area contributed by atoms with E-state index in [-0.39, 0.29) is 6.03 Å². The van der Waals surface area contributed by atoms with Crippen LogP contribution in [-0.4, -0.2) is 16.0 Å². The SMILES string of the molecule is C/C(=C\c1c(N)cc(C)nc1C)NC(=O)Nc1ccc2nc(C)cc(N)c2c1. The number of allylic oxidation sites excluding steroid dienone is 1. The number of rotatable bonds is 3. The highest BCUT2D eigenvalue weighted by Crippen LogP contribution is 2.24. The van der Waals surface area contributed by atoms with Crippen molar-refractivity contribution in [2.75, 3.05) is 16.8 Å². The Morgan fingerprint density at radius 1 is 1.00 bits per heavy atom. The van der Waals surface area contributed by atoms with Gasteiger partial charge in [0.1, 0.15) is 0 Å². The number of nitrogens with zero attached hydrogens (tertiary/aromatic N) is 2. The largest absolute Gasteiger partial charge is 0.398 e. The number of anilines is 3. The van der Waals surface area contributed by atoms with Gasteiger partial charge in [0, 0.05) is 50.8 Å². The van der Waals surface area contributed by atoms with Crippen LogP contribution in [0.1, 0.15) is 29.6 Å². The zero-order chi connectivity index (χ0) is 20.4. The molecule has 0 unspecified atom stereocenters. The Hall–Kier alpha value is -3.61. The number of nitrogen functional groups attached to an aromatic ring is 2. The smallest absolute Gasteiger partial charge is 0.323 e. The lowest BCUT2D eigenvalue weighted by atomic mass is 10.1. The first-order chi connectivity index (χ1) is 13.2. The van der Waals surface area contributed by atoms with Crippen LogP contribution in [0.25, 0.3) is 17.0 Å². The highest BCUT2D eigenvalue weighted by molar-refractivity contribution is 5.97. The van der Waals surface area contributed by atoms with Crippen molar-refractivity contribution in [2.45, 2.75) is 27.7 Å². The van der Waals surface area contributed by atoms with Crippen molar-refractivity contribution in [1.29, 1.82) is 0 Å². The van der Waals surface area contributed by atoms with E-state index in [2.05, 4.69) is 20.6 Å². The topological polar surface area (TPSA) is 119 Å². The number of carbonyl (C=O) groups excluding carboxylic acids is 1. The van der Waals surface area contributed by atoms with E-state index in [1.165, 1.54) is 0 Å². The fourth-order valence-corrected chi connectivity index (χ4v) is 3.12. The van der Waals surface area contributed by atoms with Crippen LogP contribution in [0.4, 0.5) is 21.9 Å². The third kappa shape index (κ3) is 4.20. The molecular weight excluding hydrogens is 352 g/mol.